The first kappa shape index (κ1) is 17.0. The van der Waals surface area contributed by atoms with Crippen molar-refractivity contribution in [2.75, 3.05) is 7.11 Å². The zero-order valence-electron chi connectivity index (χ0n) is 11.9. The largest absolute Gasteiger partial charge is 0.467 e. The fourth-order valence-electron chi connectivity index (χ4n) is 1.74. The van der Waals surface area contributed by atoms with Crippen LogP contribution in [-0.2, 0) is 26.9 Å². The van der Waals surface area contributed by atoms with Gasteiger partial charge in [0.25, 0.3) is 0 Å². The molecule has 1 amide bonds. The number of benzene rings is 1. The first-order valence-electron chi connectivity index (χ1n) is 6.12. The number of carbonyl (C=O) groups is 2. The van der Waals surface area contributed by atoms with Crippen molar-refractivity contribution in [2.45, 2.75) is 32.0 Å². The minimum atomic E-state index is -4.46. The number of alkyl halides is 3. The molecule has 0 fully saturated rings. The van der Waals surface area contributed by atoms with E-state index in [9.17, 15) is 22.8 Å². The molecule has 0 radical (unpaired) electrons. The standard InChI is InChI=1S/C14H16F3NO3/c1-13(2,12(20)21-3)18-11(19)8-9-5-4-6-10(7-9)14(15,16)17/h4-7H,8H2,1-3H3,(H,18,19). The highest BCUT2D eigenvalue weighted by Crippen LogP contribution is 2.29. The molecule has 0 saturated carbocycles. The van der Waals surface area contributed by atoms with Crippen LogP contribution in [0.1, 0.15) is 25.0 Å². The van der Waals surface area contributed by atoms with Gasteiger partial charge in [-0.1, -0.05) is 18.2 Å². The Kier molecular flexibility index (Phi) is 4.98. The lowest BCUT2D eigenvalue weighted by molar-refractivity contribution is -0.149. The zero-order valence-corrected chi connectivity index (χ0v) is 11.9. The second kappa shape index (κ2) is 6.15. The molecule has 0 aliphatic carbocycles. The van der Waals surface area contributed by atoms with Crippen molar-refractivity contribution in [3.05, 3.63) is 35.4 Å². The van der Waals surface area contributed by atoms with Crippen molar-refractivity contribution in [1.29, 1.82) is 0 Å². The summed E-state index contributed by atoms with van der Waals surface area (Å²) in [4.78, 5) is 23.2. The van der Waals surface area contributed by atoms with Crippen LogP contribution in [0.4, 0.5) is 13.2 Å². The van der Waals surface area contributed by atoms with E-state index in [0.29, 0.717) is 0 Å². The predicted octanol–water partition coefficient (Wildman–Crippen LogP) is 2.32. The Labute approximate surface area is 120 Å². The molecule has 0 aromatic heterocycles. The number of esters is 1. The lowest BCUT2D eigenvalue weighted by Crippen LogP contribution is -2.50. The normalized spacial score (nSPS) is 11.9. The van der Waals surface area contributed by atoms with Crippen LogP contribution < -0.4 is 5.32 Å². The third-order valence-corrected chi connectivity index (χ3v) is 2.77. The van der Waals surface area contributed by atoms with E-state index in [0.717, 1.165) is 12.1 Å². The summed E-state index contributed by atoms with van der Waals surface area (Å²) in [6.07, 6.45) is -4.72. The molecule has 1 rings (SSSR count). The molecule has 4 nitrogen and oxygen atoms in total. The summed E-state index contributed by atoms with van der Waals surface area (Å²) in [5, 5.41) is 2.42. The lowest BCUT2D eigenvalue weighted by Gasteiger charge is -2.23. The smallest absolute Gasteiger partial charge is 0.416 e. The number of nitrogens with one attached hydrogen (secondary N) is 1. The Morgan fingerprint density at radius 2 is 1.86 bits per heavy atom. The van der Waals surface area contributed by atoms with Crippen LogP contribution in [0, 0.1) is 0 Å². The van der Waals surface area contributed by atoms with E-state index in [1.807, 2.05) is 0 Å². The van der Waals surface area contributed by atoms with Gasteiger partial charge in [0.1, 0.15) is 5.54 Å². The van der Waals surface area contributed by atoms with Crippen LogP contribution in [-0.4, -0.2) is 24.5 Å². The number of carbonyl (C=O) groups excluding carboxylic acids is 2. The highest BCUT2D eigenvalue weighted by atomic mass is 19.4. The van der Waals surface area contributed by atoms with E-state index in [1.165, 1.54) is 33.1 Å². The third-order valence-electron chi connectivity index (χ3n) is 2.77. The van der Waals surface area contributed by atoms with Gasteiger partial charge in [0, 0.05) is 0 Å². The Morgan fingerprint density at radius 3 is 2.38 bits per heavy atom. The summed E-state index contributed by atoms with van der Waals surface area (Å²) in [6.45, 7) is 2.89. The van der Waals surface area contributed by atoms with Gasteiger partial charge >= 0.3 is 12.1 Å². The summed E-state index contributed by atoms with van der Waals surface area (Å²) >= 11 is 0. The highest BCUT2D eigenvalue weighted by Gasteiger charge is 2.32. The zero-order chi connectivity index (χ0) is 16.3. The van der Waals surface area contributed by atoms with Crippen LogP contribution in [0.15, 0.2) is 24.3 Å². The van der Waals surface area contributed by atoms with Gasteiger partial charge in [-0.15, -0.1) is 0 Å². The summed E-state index contributed by atoms with van der Waals surface area (Å²) in [7, 11) is 1.18. The van der Waals surface area contributed by atoms with E-state index in [2.05, 4.69) is 10.1 Å². The molecule has 0 spiro atoms. The molecule has 7 heteroatoms. The maximum absolute atomic E-state index is 12.6. The molecule has 0 heterocycles. The van der Waals surface area contributed by atoms with Gasteiger partial charge in [-0.05, 0) is 25.5 Å². The van der Waals surface area contributed by atoms with E-state index in [4.69, 9.17) is 0 Å². The van der Waals surface area contributed by atoms with Crippen LogP contribution in [0.3, 0.4) is 0 Å². The number of rotatable bonds is 4. The summed E-state index contributed by atoms with van der Waals surface area (Å²) in [6, 6.07) is 4.49. The van der Waals surface area contributed by atoms with Crippen LogP contribution in [0.2, 0.25) is 0 Å². The molecule has 116 valence electrons. The topological polar surface area (TPSA) is 55.4 Å². The minimum Gasteiger partial charge on any atom is -0.467 e. The van der Waals surface area contributed by atoms with Crippen molar-refractivity contribution in [3.8, 4) is 0 Å². The quantitative estimate of drug-likeness (QED) is 0.869. The highest BCUT2D eigenvalue weighted by molar-refractivity contribution is 5.88. The van der Waals surface area contributed by atoms with Crippen molar-refractivity contribution >= 4 is 11.9 Å². The average Bonchev–Trinajstić information content (AvgIpc) is 2.36. The van der Waals surface area contributed by atoms with Gasteiger partial charge in [-0.3, -0.25) is 4.79 Å². The molecule has 1 aromatic rings. The first-order chi connectivity index (χ1) is 9.56. The van der Waals surface area contributed by atoms with E-state index in [-0.39, 0.29) is 12.0 Å². The number of halogens is 3. The van der Waals surface area contributed by atoms with Gasteiger partial charge in [0.2, 0.25) is 5.91 Å². The Hall–Kier alpha value is -2.05. The molecular weight excluding hydrogens is 287 g/mol. The first-order valence-corrected chi connectivity index (χ1v) is 6.12. The van der Waals surface area contributed by atoms with Gasteiger partial charge in [-0.25, -0.2) is 4.79 Å². The summed E-state index contributed by atoms with van der Waals surface area (Å²) in [5.41, 5.74) is -1.85. The molecule has 0 bridgehead atoms. The van der Waals surface area contributed by atoms with Crippen molar-refractivity contribution in [1.82, 2.24) is 5.32 Å². The molecule has 0 aliphatic rings. The van der Waals surface area contributed by atoms with Crippen molar-refractivity contribution in [2.24, 2.45) is 0 Å². The SMILES string of the molecule is COC(=O)C(C)(C)NC(=O)Cc1cccc(C(F)(F)F)c1. The molecular formula is C14H16F3NO3. The fraction of sp³-hybridized carbons (Fsp3) is 0.429. The van der Waals surface area contributed by atoms with Gasteiger partial charge in [0.05, 0.1) is 19.1 Å². The summed E-state index contributed by atoms with van der Waals surface area (Å²) in [5.74, 6) is -1.20. The van der Waals surface area contributed by atoms with Crippen LogP contribution in [0.25, 0.3) is 0 Å². The van der Waals surface area contributed by atoms with E-state index in [1.54, 1.807) is 0 Å². The number of hydrogen-bond acceptors (Lipinski definition) is 3. The lowest BCUT2D eigenvalue weighted by atomic mass is 10.0. The van der Waals surface area contributed by atoms with Crippen LogP contribution in [0.5, 0.6) is 0 Å². The van der Waals surface area contributed by atoms with Crippen molar-refractivity contribution < 1.29 is 27.5 Å². The number of methoxy groups -OCH3 is 1. The maximum atomic E-state index is 12.6. The molecule has 21 heavy (non-hydrogen) atoms. The molecule has 0 atom stereocenters. The Morgan fingerprint density at radius 1 is 1.24 bits per heavy atom. The minimum absolute atomic E-state index is 0.211. The number of ether oxygens (including phenoxy) is 1. The fourth-order valence-corrected chi connectivity index (χ4v) is 1.74. The molecule has 0 saturated heterocycles. The Balaban J connectivity index is 2.78. The van der Waals surface area contributed by atoms with Gasteiger partial charge < -0.3 is 10.1 Å². The van der Waals surface area contributed by atoms with E-state index < -0.39 is 29.2 Å². The molecule has 0 unspecified atom stereocenters. The van der Waals surface area contributed by atoms with Crippen molar-refractivity contribution in [3.63, 3.8) is 0 Å². The maximum Gasteiger partial charge on any atom is 0.416 e. The molecule has 1 aromatic carbocycles. The average molecular weight is 303 g/mol. The molecule has 1 N–H and O–H groups in total. The van der Waals surface area contributed by atoms with Gasteiger partial charge in [0.15, 0.2) is 0 Å². The summed E-state index contributed by atoms with van der Waals surface area (Å²) < 4.78 is 42.2. The second-order valence-electron chi connectivity index (χ2n) is 5.04. The predicted molar refractivity (Wildman–Crippen MR) is 69.4 cm³/mol. The molecule has 0 aliphatic heterocycles. The number of amides is 1. The Bertz CT molecular complexity index is 539. The van der Waals surface area contributed by atoms with E-state index >= 15 is 0 Å². The van der Waals surface area contributed by atoms with Gasteiger partial charge in [-0.2, -0.15) is 13.2 Å². The number of hydrogen-bond donors (Lipinski definition) is 1. The second-order valence-corrected chi connectivity index (χ2v) is 5.04. The van der Waals surface area contributed by atoms with Crippen LogP contribution >= 0.6 is 0 Å². The third kappa shape index (κ3) is 4.77. The monoisotopic (exact) mass is 303 g/mol.